The average molecular weight is 545 g/mol. The highest BCUT2D eigenvalue weighted by Gasteiger charge is 2.22. The Bertz CT molecular complexity index is 1200. The average Bonchev–Trinajstić information content (AvgIpc) is 3.23. The van der Waals surface area contributed by atoms with Crippen LogP contribution in [0.15, 0.2) is 72.3 Å². The van der Waals surface area contributed by atoms with E-state index >= 15 is 0 Å². The van der Waals surface area contributed by atoms with Crippen molar-refractivity contribution in [2.45, 2.75) is 84.8 Å². The maximum Gasteiger partial charge on any atom is 0.157 e. The fourth-order valence-corrected chi connectivity index (χ4v) is 5.20. The first kappa shape index (κ1) is 31.7. The molecule has 5 heteroatoms. The summed E-state index contributed by atoms with van der Waals surface area (Å²) in [5, 5.41) is 21.5. The van der Waals surface area contributed by atoms with Gasteiger partial charge in [0.15, 0.2) is 6.29 Å². The minimum Gasteiger partial charge on any atom is -0.378 e. The highest BCUT2D eigenvalue weighted by atomic mass is 16.6. The molecule has 0 heterocycles. The Morgan fingerprint density at radius 2 is 1.93 bits per heavy atom. The number of hydrogen-bond donors (Lipinski definition) is 2. The molecule has 1 aliphatic rings. The molecule has 0 bridgehead atoms. The van der Waals surface area contributed by atoms with Gasteiger partial charge in [0.05, 0.1) is 11.8 Å². The first-order chi connectivity index (χ1) is 19.2. The third-order valence-corrected chi connectivity index (χ3v) is 7.62. The first-order valence-electron chi connectivity index (χ1n) is 14.7. The van der Waals surface area contributed by atoms with Crippen LogP contribution in [0.25, 0.3) is 11.1 Å². The van der Waals surface area contributed by atoms with Gasteiger partial charge in [0.1, 0.15) is 6.23 Å². The summed E-state index contributed by atoms with van der Waals surface area (Å²) in [5.41, 5.74) is 7.45. The van der Waals surface area contributed by atoms with Crippen molar-refractivity contribution in [1.29, 1.82) is 0 Å². The summed E-state index contributed by atoms with van der Waals surface area (Å²) in [6.07, 6.45) is 12.3. The molecule has 0 saturated heterocycles. The van der Waals surface area contributed by atoms with E-state index in [1.807, 2.05) is 44.9 Å². The normalized spacial score (nSPS) is 16.3. The van der Waals surface area contributed by atoms with Crippen LogP contribution in [0.3, 0.4) is 0 Å². The Morgan fingerprint density at radius 1 is 1.15 bits per heavy atom. The van der Waals surface area contributed by atoms with E-state index in [0.29, 0.717) is 13.0 Å². The van der Waals surface area contributed by atoms with Gasteiger partial charge in [-0.25, -0.2) is 0 Å². The lowest BCUT2D eigenvalue weighted by Crippen LogP contribution is -2.36. The van der Waals surface area contributed by atoms with Crippen LogP contribution in [0.2, 0.25) is 0 Å². The quantitative estimate of drug-likeness (QED) is 0.190. The number of aliphatic hydroxyl groups excluding tert-OH is 2. The van der Waals surface area contributed by atoms with Crippen molar-refractivity contribution in [3.05, 3.63) is 89.5 Å². The molecule has 0 aliphatic heterocycles. The smallest absolute Gasteiger partial charge is 0.157 e. The van der Waals surface area contributed by atoms with Crippen LogP contribution < -0.4 is 0 Å². The van der Waals surface area contributed by atoms with Gasteiger partial charge < -0.3 is 14.9 Å². The van der Waals surface area contributed by atoms with Crippen molar-refractivity contribution in [3.63, 3.8) is 0 Å². The van der Waals surface area contributed by atoms with Crippen molar-refractivity contribution >= 4 is 23.0 Å². The van der Waals surface area contributed by atoms with Gasteiger partial charge in [0.25, 0.3) is 0 Å². The molecule has 0 spiro atoms. The number of hydrogen-bond acceptors (Lipinski definition) is 5. The Hall–Kier alpha value is -2.83. The number of nitrogens with zero attached hydrogens (tertiary/aromatic N) is 2. The number of ether oxygens (including phenoxy) is 1. The van der Waals surface area contributed by atoms with Crippen molar-refractivity contribution in [2.75, 3.05) is 13.6 Å². The molecule has 2 aromatic carbocycles. The highest BCUT2D eigenvalue weighted by molar-refractivity contribution is 5.90. The molecule has 216 valence electrons. The van der Waals surface area contributed by atoms with Crippen molar-refractivity contribution in [2.24, 2.45) is 10.9 Å². The summed E-state index contributed by atoms with van der Waals surface area (Å²) in [6, 6.07) is 14.7. The Labute approximate surface area is 241 Å². The van der Waals surface area contributed by atoms with E-state index in [1.165, 1.54) is 11.1 Å². The third kappa shape index (κ3) is 8.84. The van der Waals surface area contributed by atoms with Gasteiger partial charge in [-0.1, -0.05) is 62.1 Å². The largest absolute Gasteiger partial charge is 0.378 e. The molecule has 2 aromatic rings. The standard InChI is InChI=1S/C35H48N2O3/c1-7-28(35(39)40-25(3)4)21-22-37(6)34(38)24-27-19-20-33(36-8-2)32(23-27)26(5)30-17-13-14-18-31(30)29-15-11-9-10-12-16-29/h8-9,11,13-15,17-20,23,25,28,34-35,38-39H,5,7,10,12,16,21-22,24H2,1-4,6H3/b36-8+/t28?,34?,35-/m1/s1. The zero-order valence-corrected chi connectivity index (χ0v) is 25.0. The molecule has 3 atom stereocenters. The molecule has 0 aromatic heterocycles. The van der Waals surface area contributed by atoms with Gasteiger partial charge in [-0.05, 0) is 99.9 Å². The molecular weight excluding hydrogens is 496 g/mol. The summed E-state index contributed by atoms with van der Waals surface area (Å²) in [7, 11) is 1.92. The molecule has 0 saturated carbocycles. The lowest BCUT2D eigenvalue weighted by molar-refractivity contribution is -0.160. The first-order valence-corrected chi connectivity index (χ1v) is 14.7. The van der Waals surface area contributed by atoms with Gasteiger partial charge in [-0.15, -0.1) is 0 Å². The second-order valence-electron chi connectivity index (χ2n) is 11.0. The van der Waals surface area contributed by atoms with E-state index in [0.717, 1.165) is 60.1 Å². The van der Waals surface area contributed by atoms with Crippen LogP contribution in [-0.2, 0) is 11.2 Å². The molecule has 0 amide bonds. The Morgan fingerprint density at radius 3 is 2.65 bits per heavy atom. The van der Waals surface area contributed by atoms with Crippen LogP contribution in [0.5, 0.6) is 0 Å². The zero-order valence-electron chi connectivity index (χ0n) is 25.0. The molecular formula is C35H48N2O3. The molecule has 2 unspecified atom stereocenters. The topological polar surface area (TPSA) is 65.3 Å². The molecule has 40 heavy (non-hydrogen) atoms. The van der Waals surface area contributed by atoms with E-state index in [1.54, 1.807) is 6.21 Å². The second kappa shape index (κ2) is 15.8. The number of rotatable bonds is 14. The van der Waals surface area contributed by atoms with E-state index < -0.39 is 12.5 Å². The Balaban J connectivity index is 1.79. The van der Waals surface area contributed by atoms with Crippen LogP contribution in [-0.4, -0.2) is 53.5 Å². The van der Waals surface area contributed by atoms with E-state index in [9.17, 15) is 10.2 Å². The second-order valence-corrected chi connectivity index (χ2v) is 11.0. The molecule has 5 nitrogen and oxygen atoms in total. The van der Waals surface area contributed by atoms with Gasteiger partial charge in [-0.3, -0.25) is 9.89 Å². The molecule has 2 N–H and O–H groups in total. The number of likely N-dealkylation sites (N-methyl/N-ethyl adjacent to an activating group) is 1. The number of benzene rings is 2. The minimum atomic E-state index is -0.788. The zero-order chi connectivity index (χ0) is 29.1. The van der Waals surface area contributed by atoms with E-state index in [4.69, 9.17) is 4.74 Å². The summed E-state index contributed by atoms with van der Waals surface area (Å²) in [6.45, 7) is 13.0. The predicted octanol–water partition coefficient (Wildman–Crippen LogP) is 7.55. The number of aliphatic hydroxyl groups is 2. The predicted molar refractivity (Wildman–Crippen MR) is 169 cm³/mol. The van der Waals surface area contributed by atoms with Crippen molar-refractivity contribution in [3.8, 4) is 0 Å². The maximum atomic E-state index is 11.1. The molecule has 1 aliphatic carbocycles. The van der Waals surface area contributed by atoms with Crippen LogP contribution in [0.4, 0.5) is 5.69 Å². The summed E-state index contributed by atoms with van der Waals surface area (Å²) >= 11 is 0. The molecule has 0 fully saturated rings. The number of aliphatic imine (C=N–C) groups is 1. The summed E-state index contributed by atoms with van der Waals surface area (Å²) in [5.74, 6) is 0.0253. The van der Waals surface area contributed by atoms with Crippen LogP contribution in [0, 0.1) is 5.92 Å². The van der Waals surface area contributed by atoms with Gasteiger partial charge in [-0.2, -0.15) is 0 Å². The Kier molecular flexibility index (Phi) is 12.5. The van der Waals surface area contributed by atoms with Crippen LogP contribution >= 0.6 is 0 Å². The van der Waals surface area contributed by atoms with Crippen molar-refractivity contribution < 1.29 is 14.9 Å². The van der Waals surface area contributed by atoms with Crippen LogP contribution in [0.1, 0.15) is 82.1 Å². The molecule has 3 rings (SSSR count). The summed E-state index contributed by atoms with van der Waals surface area (Å²) < 4.78 is 5.60. The summed E-state index contributed by atoms with van der Waals surface area (Å²) in [4.78, 5) is 6.58. The highest BCUT2D eigenvalue weighted by Crippen LogP contribution is 2.36. The lowest BCUT2D eigenvalue weighted by atomic mass is 9.88. The lowest BCUT2D eigenvalue weighted by Gasteiger charge is -2.28. The fraction of sp³-hybridized carbons (Fsp3) is 0.457. The monoisotopic (exact) mass is 544 g/mol. The number of allylic oxidation sites excluding steroid dienone is 4. The minimum absolute atomic E-state index is 0.0240. The molecule has 0 radical (unpaired) electrons. The third-order valence-electron chi connectivity index (χ3n) is 7.62. The SMILES string of the molecule is C=C(c1cc(CC(O)N(C)CCC(CC)[C@H](O)OC(C)C)ccc1/N=C/C)c1ccccc1C1=CC=CCCC1. The maximum absolute atomic E-state index is 11.1. The van der Waals surface area contributed by atoms with Gasteiger partial charge in [0.2, 0.25) is 0 Å². The van der Waals surface area contributed by atoms with Gasteiger partial charge >= 0.3 is 0 Å². The van der Waals surface area contributed by atoms with Crippen molar-refractivity contribution in [1.82, 2.24) is 4.90 Å². The van der Waals surface area contributed by atoms with Gasteiger partial charge in [0, 0.05) is 30.7 Å². The fourth-order valence-electron chi connectivity index (χ4n) is 5.20. The van der Waals surface area contributed by atoms with E-state index in [2.05, 4.69) is 67.1 Å². The van der Waals surface area contributed by atoms with E-state index in [-0.39, 0.29) is 12.0 Å².